The number of rotatable bonds is 4. The molecule has 86 valence electrons. The largest absolute Gasteiger partial charge is 0.339 e. The number of hydrogen-bond donors (Lipinski definition) is 0. The summed E-state index contributed by atoms with van der Waals surface area (Å²) in [6.45, 7) is 6.43. The first-order valence-electron chi connectivity index (χ1n) is 5.88. The summed E-state index contributed by atoms with van der Waals surface area (Å²) in [6, 6.07) is 0.316. The SMILES string of the molecule is CCCC(C(C)=O)C(=O)N1CCCC1C. The highest BCUT2D eigenvalue weighted by atomic mass is 16.2. The molecule has 1 saturated heterocycles. The Labute approximate surface area is 91.8 Å². The first-order chi connectivity index (χ1) is 7.07. The summed E-state index contributed by atoms with van der Waals surface area (Å²) in [5.74, 6) is -0.328. The molecule has 0 aliphatic carbocycles. The van der Waals surface area contributed by atoms with E-state index in [1.54, 1.807) is 0 Å². The second-order valence-corrected chi connectivity index (χ2v) is 4.47. The van der Waals surface area contributed by atoms with E-state index in [1.165, 1.54) is 6.92 Å². The molecule has 1 aliphatic heterocycles. The highest BCUT2D eigenvalue weighted by Crippen LogP contribution is 2.21. The molecule has 0 aromatic heterocycles. The monoisotopic (exact) mass is 211 g/mol. The molecule has 3 nitrogen and oxygen atoms in total. The van der Waals surface area contributed by atoms with Crippen LogP contribution in [0.5, 0.6) is 0 Å². The maximum atomic E-state index is 12.1. The Kier molecular flexibility index (Phi) is 4.30. The lowest BCUT2D eigenvalue weighted by atomic mass is 9.97. The average molecular weight is 211 g/mol. The predicted molar refractivity (Wildman–Crippen MR) is 59.5 cm³/mol. The van der Waals surface area contributed by atoms with Crippen LogP contribution in [0.15, 0.2) is 0 Å². The van der Waals surface area contributed by atoms with Gasteiger partial charge in [-0.15, -0.1) is 0 Å². The van der Waals surface area contributed by atoms with Crippen LogP contribution in [0.1, 0.15) is 46.5 Å². The van der Waals surface area contributed by atoms with Gasteiger partial charge < -0.3 is 4.90 Å². The molecule has 2 unspecified atom stereocenters. The number of hydrogen-bond acceptors (Lipinski definition) is 2. The van der Waals surface area contributed by atoms with Gasteiger partial charge in [-0.3, -0.25) is 9.59 Å². The van der Waals surface area contributed by atoms with E-state index in [9.17, 15) is 9.59 Å². The number of carbonyl (C=O) groups excluding carboxylic acids is 2. The number of ketones is 1. The van der Waals surface area contributed by atoms with Crippen molar-refractivity contribution in [1.82, 2.24) is 4.90 Å². The fourth-order valence-corrected chi connectivity index (χ4v) is 2.25. The Morgan fingerprint density at radius 3 is 2.53 bits per heavy atom. The third-order valence-electron chi connectivity index (χ3n) is 3.20. The van der Waals surface area contributed by atoms with E-state index in [0.29, 0.717) is 12.5 Å². The number of Topliss-reactive ketones (excluding diaryl/α,β-unsaturated/α-hetero) is 1. The summed E-state index contributed by atoms with van der Waals surface area (Å²) in [6.07, 6.45) is 3.72. The summed E-state index contributed by atoms with van der Waals surface area (Å²) in [5.41, 5.74) is 0. The van der Waals surface area contributed by atoms with Crippen LogP contribution < -0.4 is 0 Å². The Morgan fingerprint density at radius 2 is 2.13 bits per heavy atom. The molecule has 1 heterocycles. The molecule has 0 bridgehead atoms. The van der Waals surface area contributed by atoms with Crippen molar-refractivity contribution >= 4 is 11.7 Å². The van der Waals surface area contributed by atoms with Crippen LogP contribution in [0.3, 0.4) is 0 Å². The van der Waals surface area contributed by atoms with Crippen LogP contribution in [0.25, 0.3) is 0 Å². The molecule has 1 fully saturated rings. The molecule has 3 heteroatoms. The van der Waals surface area contributed by atoms with Gasteiger partial charge in [0, 0.05) is 12.6 Å². The van der Waals surface area contributed by atoms with E-state index >= 15 is 0 Å². The van der Waals surface area contributed by atoms with Crippen molar-refractivity contribution in [1.29, 1.82) is 0 Å². The minimum absolute atomic E-state index is 0.0148. The highest BCUT2D eigenvalue weighted by molar-refractivity contribution is 6.00. The van der Waals surface area contributed by atoms with Gasteiger partial charge in [-0.1, -0.05) is 13.3 Å². The fraction of sp³-hybridized carbons (Fsp3) is 0.833. The smallest absolute Gasteiger partial charge is 0.233 e. The number of likely N-dealkylation sites (tertiary alicyclic amines) is 1. The Bertz CT molecular complexity index is 250. The maximum absolute atomic E-state index is 12.1. The highest BCUT2D eigenvalue weighted by Gasteiger charge is 2.32. The molecule has 0 N–H and O–H groups in total. The maximum Gasteiger partial charge on any atom is 0.233 e. The van der Waals surface area contributed by atoms with Gasteiger partial charge in [0.1, 0.15) is 5.78 Å². The number of amides is 1. The summed E-state index contributed by atoms with van der Waals surface area (Å²) < 4.78 is 0. The molecule has 1 rings (SSSR count). The molecule has 0 aromatic carbocycles. The van der Waals surface area contributed by atoms with Gasteiger partial charge in [0.25, 0.3) is 0 Å². The summed E-state index contributed by atoms with van der Waals surface area (Å²) in [4.78, 5) is 25.4. The van der Waals surface area contributed by atoms with E-state index in [-0.39, 0.29) is 11.7 Å². The molecule has 1 aliphatic rings. The zero-order valence-corrected chi connectivity index (χ0v) is 9.95. The molecular formula is C12H21NO2. The molecule has 0 aromatic rings. The van der Waals surface area contributed by atoms with Crippen LogP contribution in [0.2, 0.25) is 0 Å². The summed E-state index contributed by atoms with van der Waals surface area (Å²) in [7, 11) is 0. The molecule has 1 amide bonds. The third-order valence-corrected chi connectivity index (χ3v) is 3.20. The van der Waals surface area contributed by atoms with Crippen molar-refractivity contribution < 1.29 is 9.59 Å². The second kappa shape index (κ2) is 5.29. The van der Waals surface area contributed by atoms with Gasteiger partial charge in [0.15, 0.2) is 0 Å². The van der Waals surface area contributed by atoms with Gasteiger partial charge in [-0.25, -0.2) is 0 Å². The first-order valence-corrected chi connectivity index (χ1v) is 5.88. The van der Waals surface area contributed by atoms with E-state index in [2.05, 4.69) is 6.92 Å². The summed E-state index contributed by atoms with van der Waals surface area (Å²) >= 11 is 0. The standard InChI is InChI=1S/C12H21NO2/c1-4-6-11(10(3)14)12(15)13-8-5-7-9(13)2/h9,11H,4-8H2,1-3H3. The van der Waals surface area contributed by atoms with Gasteiger partial charge in [-0.05, 0) is 33.1 Å². The molecule has 15 heavy (non-hydrogen) atoms. The third kappa shape index (κ3) is 2.80. The van der Waals surface area contributed by atoms with E-state index in [0.717, 1.165) is 25.8 Å². The zero-order chi connectivity index (χ0) is 11.4. The van der Waals surface area contributed by atoms with Gasteiger partial charge in [0.2, 0.25) is 5.91 Å². The fourth-order valence-electron chi connectivity index (χ4n) is 2.25. The van der Waals surface area contributed by atoms with Crippen LogP contribution >= 0.6 is 0 Å². The minimum Gasteiger partial charge on any atom is -0.339 e. The van der Waals surface area contributed by atoms with Gasteiger partial charge >= 0.3 is 0 Å². The van der Waals surface area contributed by atoms with Crippen LogP contribution in [-0.2, 0) is 9.59 Å². The van der Waals surface area contributed by atoms with Crippen LogP contribution in [0, 0.1) is 5.92 Å². The quantitative estimate of drug-likeness (QED) is 0.667. The van der Waals surface area contributed by atoms with Crippen molar-refractivity contribution in [3.8, 4) is 0 Å². The Balaban J connectivity index is 2.66. The lowest BCUT2D eigenvalue weighted by molar-refractivity contribution is -0.141. The van der Waals surface area contributed by atoms with Crippen molar-refractivity contribution in [2.45, 2.75) is 52.5 Å². The van der Waals surface area contributed by atoms with Crippen molar-refractivity contribution in [3.05, 3.63) is 0 Å². The first kappa shape index (κ1) is 12.2. The van der Waals surface area contributed by atoms with Crippen LogP contribution in [0.4, 0.5) is 0 Å². The second-order valence-electron chi connectivity index (χ2n) is 4.47. The van der Waals surface area contributed by atoms with Crippen molar-refractivity contribution in [2.75, 3.05) is 6.54 Å². The topological polar surface area (TPSA) is 37.4 Å². The number of carbonyl (C=O) groups is 2. The normalized spacial score (nSPS) is 22.9. The molecule has 0 radical (unpaired) electrons. The zero-order valence-electron chi connectivity index (χ0n) is 9.95. The minimum atomic E-state index is -0.393. The lowest BCUT2D eigenvalue weighted by Crippen LogP contribution is -2.40. The van der Waals surface area contributed by atoms with Gasteiger partial charge in [-0.2, -0.15) is 0 Å². The number of nitrogens with zero attached hydrogens (tertiary/aromatic N) is 1. The Morgan fingerprint density at radius 1 is 1.47 bits per heavy atom. The average Bonchev–Trinajstić information content (AvgIpc) is 2.59. The van der Waals surface area contributed by atoms with E-state index in [4.69, 9.17) is 0 Å². The molecular weight excluding hydrogens is 190 g/mol. The Hall–Kier alpha value is -0.860. The summed E-state index contributed by atoms with van der Waals surface area (Å²) in [5, 5.41) is 0. The van der Waals surface area contributed by atoms with E-state index in [1.807, 2.05) is 11.8 Å². The van der Waals surface area contributed by atoms with Crippen LogP contribution in [-0.4, -0.2) is 29.2 Å². The van der Waals surface area contributed by atoms with Crippen molar-refractivity contribution in [2.24, 2.45) is 5.92 Å². The molecule has 2 atom stereocenters. The lowest BCUT2D eigenvalue weighted by Gasteiger charge is -2.25. The van der Waals surface area contributed by atoms with Gasteiger partial charge in [0.05, 0.1) is 5.92 Å². The predicted octanol–water partition coefficient (Wildman–Crippen LogP) is 2.00. The van der Waals surface area contributed by atoms with Crippen molar-refractivity contribution in [3.63, 3.8) is 0 Å². The van der Waals surface area contributed by atoms with E-state index < -0.39 is 5.92 Å². The molecule has 0 spiro atoms. The molecule has 0 saturated carbocycles.